The van der Waals surface area contributed by atoms with E-state index in [1.807, 2.05) is 4.90 Å². The van der Waals surface area contributed by atoms with Crippen molar-refractivity contribution >= 4 is 17.8 Å². The van der Waals surface area contributed by atoms with Crippen molar-refractivity contribution < 1.29 is 29.7 Å². The lowest BCUT2D eigenvalue weighted by Gasteiger charge is -2.28. The van der Waals surface area contributed by atoms with Crippen LogP contribution in [0.15, 0.2) is 12.1 Å². The van der Waals surface area contributed by atoms with Crippen LogP contribution < -0.4 is 5.32 Å². The number of benzene rings is 1. The van der Waals surface area contributed by atoms with Gasteiger partial charge in [-0.15, -0.1) is 0 Å². The number of aromatic hydroxyl groups is 1. The van der Waals surface area contributed by atoms with Gasteiger partial charge in [0.1, 0.15) is 5.75 Å². The number of carboxylic acids is 2. The van der Waals surface area contributed by atoms with Gasteiger partial charge in [0.2, 0.25) is 5.91 Å². The van der Waals surface area contributed by atoms with Crippen molar-refractivity contribution in [3.63, 3.8) is 0 Å². The highest BCUT2D eigenvalue weighted by Crippen LogP contribution is 2.39. The molecule has 0 aromatic heterocycles. The first-order valence-corrected chi connectivity index (χ1v) is 11.0. The molecule has 1 aliphatic heterocycles. The van der Waals surface area contributed by atoms with E-state index in [9.17, 15) is 9.90 Å². The largest absolute Gasteiger partial charge is 0.507 e. The zero-order valence-corrected chi connectivity index (χ0v) is 20.1. The summed E-state index contributed by atoms with van der Waals surface area (Å²) >= 11 is 0. The third-order valence-electron chi connectivity index (χ3n) is 5.27. The van der Waals surface area contributed by atoms with Gasteiger partial charge in [-0.3, -0.25) is 4.79 Å². The maximum Gasteiger partial charge on any atom is 0.414 e. The Morgan fingerprint density at radius 3 is 1.72 bits per heavy atom. The maximum atomic E-state index is 12.1. The number of amides is 1. The first-order chi connectivity index (χ1) is 14.6. The number of carbonyl (C=O) groups is 3. The van der Waals surface area contributed by atoms with E-state index in [0.29, 0.717) is 25.3 Å². The number of phenols is 1. The third kappa shape index (κ3) is 8.49. The fourth-order valence-electron chi connectivity index (χ4n) is 3.49. The lowest BCUT2D eigenvalue weighted by Crippen LogP contribution is -2.30. The fourth-order valence-corrected chi connectivity index (χ4v) is 3.49. The number of carbonyl (C=O) groups excluding carboxylic acids is 1. The second-order valence-corrected chi connectivity index (χ2v) is 10.2. The highest BCUT2D eigenvalue weighted by atomic mass is 16.4. The van der Waals surface area contributed by atoms with Crippen LogP contribution in [0.3, 0.4) is 0 Å². The minimum absolute atomic E-state index is 0.119. The van der Waals surface area contributed by atoms with Gasteiger partial charge in [-0.05, 0) is 40.4 Å². The summed E-state index contributed by atoms with van der Waals surface area (Å²) in [4.78, 5) is 32.3. The molecular weight excluding hydrogens is 412 g/mol. The molecule has 1 aliphatic rings. The Labute approximate surface area is 190 Å². The van der Waals surface area contributed by atoms with Crippen LogP contribution in [0.1, 0.15) is 77.5 Å². The number of nitrogens with zero attached hydrogens (tertiary/aromatic N) is 1. The van der Waals surface area contributed by atoms with Gasteiger partial charge in [0.15, 0.2) is 0 Å². The Hall–Kier alpha value is -2.61. The van der Waals surface area contributed by atoms with E-state index in [4.69, 9.17) is 19.8 Å². The van der Waals surface area contributed by atoms with E-state index >= 15 is 0 Å². The molecule has 0 saturated carbocycles. The molecule has 8 nitrogen and oxygen atoms in total. The van der Waals surface area contributed by atoms with Crippen molar-refractivity contribution in [3.8, 4) is 5.75 Å². The molecule has 0 spiro atoms. The topological polar surface area (TPSA) is 127 Å². The standard InChI is InChI=1S/C22H36N2O2.C2H2O4/c1-21(2,3)17-13-16(14-18(20(17)26)22(4,5)6)15-23-10-9-19(25)24-11-7-8-12-24;3-1(4)2(5)6/h13-14,23,26H,7-12,15H2,1-6H3;(H,3,4)(H,5,6). The summed E-state index contributed by atoms with van der Waals surface area (Å²) in [6.45, 7) is 16.0. The van der Waals surface area contributed by atoms with E-state index in [1.54, 1.807) is 0 Å². The van der Waals surface area contributed by atoms with Crippen LogP contribution in [0.25, 0.3) is 0 Å². The number of carboxylic acid groups (broad SMARTS) is 2. The molecule has 4 N–H and O–H groups in total. The van der Waals surface area contributed by atoms with Gasteiger partial charge in [0, 0.05) is 32.6 Å². The molecule has 1 aromatic rings. The molecule has 2 rings (SSSR count). The second-order valence-electron chi connectivity index (χ2n) is 10.2. The van der Waals surface area contributed by atoms with Crippen LogP contribution in [-0.4, -0.2) is 57.7 Å². The van der Waals surface area contributed by atoms with E-state index in [-0.39, 0.29) is 16.7 Å². The van der Waals surface area contributed by atoms with Crippen LogP contribution in [0.5, 0.6) is 5.75 Å². The van der Waals surface area contributed by atoms with Gasteiger partial charge in [0.25, 0.3) is 0 Å². The number of hydrogen-bond acceptors (Lipinski definition) is 5. The van der Waals surface area contributed by atoms with Crippen LogP contribution >= 0.6 is 0 Å². The van der Waals surface area contributed by atoms with Crippen molar-refractivity contribution in [2.45, 2.75) is 78.2 Å². The highest BCUT2D eigenvalue weighted by molar-refractivity contribution is 6.27. The molecule has 1 heterocycles. The number of phenolic OH excluding ortho intramolecular Hbond substituents is 1. The zero-order chi connectivity index (χ0) is 24.7. The predicted octanol–water partition coefficient (Wildman–Crippen LogP) is 3.24. The van der Waals surface area contributed by atoms with Crippen LogP contribution in [0.2, 0.25) is 0 Å². The fraction of sp³-hybridized carbons (Fsp3) is 0.625. The number of aliphatic carboxylic acids is 2. The average molecular weight is 451 g/mol. The van der Waals surface area contributed by atoms with E-state index in [0.717, 1.165) is 42.6 Å². The molecule has 0 radical (unpaired) electrons. The zero-order valence-electron chi connectivity index (χ0n) is 20.1. The molecule has 0 unspecified atom stereocenters. The SMILES string of the molecule is CC(C)(C)c1cc(CNCCC(=O)N2CCCC2)cc(C(C)(C)C)c1O.O=C(O)C(=O)O. The normalized spacial score (nSPS) is 14.0. The minimum Gasteiger partial charge on any atom is -0.507 e. The summed E-state index contributed by atoms with van der Waals surface area (Å²) in [5.41, 5.74) is 2.88. The Morgan fingerprint density at radius 2 is 1.34 bits per heavy atom. The minimum atomic E-state index is -1.82. The van der Waals surface area contributed by atoms with Gasteiger partial charge in [-0.25, -0.2) is 9.59 Å². The average Bonchev–Trinajstić information content (AvgIpc) is 3.19. The van der Waals surface area contributed by atoms with E-state index in [2.05, 4.69) is 59.0 Å². The monoisotopic (exact) mass is 450 g/mol. The van der Waals surface area contributed by atoms with Crippen molar-refractivity contribution in [1.29, 1.82) is 0 Å². The number of nitrogens with one attached hydrogen (secondary N) is 1. The van der Waals surface area contributed by atoms with Gasteiger partial charge in [0.05, 0.1) is 0 Å². The molecule has 0 bridgehead atoms. The quantitative estimate of drug-likeness (QED) is 0.400. The Balaban J connectivity index is 0.000000751. The van der Waals surface area contributed by atoms with Crippen LogP contribution in [0.4, 0.5) is 0 Å². The lowest BCUT2D eigenvalue weighted by atomic mass is 9.78. The summed E-state index contributed by atoms with van der Waals surface area (Å²) < 4.78 is 0. The van der Waals surface area contributed by atoms with Crippen LogP contribution in [-0.2, 0) is 31.8 Å². The predicted molar refractivity (Wildman–Crippen MR) is 123 cm³/mol. The first kappa shape index (κ1) is 27.4. The Kier molecular flexibility index (Phi) is 9.70. The first-order valence-electron chi connectivity index (χ1n) is 11.0. The summed E-state index contributed by atoms with van der Waals surface area (Å²) in [5, 5.41) is 29.0. The third-order valence-corrected chi connectivity index (χ3v) is 5.27. The number of hydrogen-bond donors (Lipinski definition) is 4. The molecule has 0 aliphatic carbocycles. The van der Waals surface area contributed by atoms with Crippen molar-refractivity contribution in [2.75, 3.05) is 19.6 Å². The van der Waals surface area contributed by atoms with Gasteiger partial charge >= 0.3 is 11.9 Å². The lowest BCUT2D eigenvalue weighted by molar-refractivity contribution is -0.159. The molecular formula is C24H38N2O6. The van der Waals surface area contributed by atoms with Crippen molar-refractivity contribution in [1.82, 2.24) is 10.2 Å². The molecule has 8 heteroatoms. The van der Waals surface area contributed by atoms with Gasteiger partial charge in [-0.1, -0.05) is 53.7 Å². The summed E-state index contributed by atoms with van der Waals surface area (Å²) in [6, 6.07) is 4.19. The summed E-state index contributed by atoms with van der Waals surface area (Å²) in [6.07, 6.45) is 2.83. The highest BCUT2D eigenvalue weighted by Gasteiger charge is 2.26. The van der Waals surface area contributed by atoms with Gasteiger partial charge in [-0.2, -0.15) is 0 Å². The van der Waals surface area contributed by atoms with Crippen molar-refractivity contribution in [3.05, 3.63) is 28.8 Å². The van der Waals surface area contributed by atoms with Gasteiger partial charge < -0.3 is 25.5 Å². The Morgan fingerprint density at radius 1 is 0.906 bits per heavy atom. The molecule has 1 amide bonds. The molecule has 0 atom stereocenters. The summed E-state index contributed by atoms with van der Waals surface area (Å²) in [5.74, 6) is -2.98. The summed E-state index contributed by atoms with van der Waals surface area (Å²) in [7, 11) is 0. The molecule has 180 valence electrons. The van der Waals surface area contributed by atoms with Crippen LogP contribution in [0, 0.1) is 0 Å². The molecule has 32 heavy (non-hydrogen) atoms. The molecule has 1 aromatic carbocycles. The van der Waals surface area contributed by atoms with E-state index < -0.39 is 11.9 Å². The van der Waals surface area contributed by atoms with E-state index in [1.165, 1.54) is 0 Å². The smallest absolute Gasteiger partial charge is 0.414 e. The van der Waals surface area contributed by atoms with Crippen molar-refractivity contribution in [2.24, 2.45) is 0 Å². The number of likely N-dealkylation sites (tertiary alicyclic amines) is 1. The second kappa shape index (κ2) is 11.3. The molecule has 1 fully saturated rings. The number of rotatable bonds is 5. The Bertz CT molecular complexity index is 768. The molecule has 1 saturated heterocycles. The maximum absolute atomic E-state index is 12.1.